The maximum absolute atomic E-state index is 13.2. The number of rotatable bonds is 2. The number of ether oxygens (including phenoxy) is 1. The van der Waals surface area contributed by atoms with Crippen LogP contribution in [0.5, 0.6) is 0 Å². The minimum Gasteiger partial charge on any atom is -0.468 e. The molecule has 1 fully saturated rings. The molecule has 8 nitrogen and oxygen atoms in total. The first kappa shape index (κ1) is 21.0. The van der Waals surface area contributed by atoms with Crippen molar-refractivity contribution in [3.63, 3.8) is 0 Å². The number of methoxy groups -OCH3 is 1. The van der Waals surface area contributed by atoms with Crippen molar-refractivity contribution in [2.75, 3.05) is 20.2 Å². The molecule has 162 valence electrons. The number of fused-ring (bicyclic) bond motifs is 3. The van der Waals surface area contributed by atoms with Crippen molar-refractivity contribution >= 4 is 27.3 Å². The predicted molar refractivity (Wildman–Crippen MR) is 112 cm³/mol. The number of benzene rings is 1. The van der Waals surface area contributed by atoms with Gasteiger partial charge < -0.3 is 9.72 Å². The van der Waals surface area contributed by atoms with Gasteiger partial charge in [-0.25, -0.2) is 0 Å². The van der Waals surface area contributed by atoms with Gasteiger partial charge in [0.15, 0.2) is 0 Å². The normalized spacial score (nSPS) is 29.3. The van der Waals surface area contributed by atoms with Gasteiger partial charge in [-0.1, -0.05) is 36.8 Å². The zero-order chi connectivity index (χ0) is 21.7. The Balaban J connectivity index is 0.000000393. The molecule has 0 amide bonds. The summed E-state index contributed by atoms with van der Waals surface area (Å²) >= 11 is 0. The van der Waals surface area contributed by atoms with Crippen LogP contribution in [0.4, 0.5) is 0 Å². The maximum atomic E-state index is 13.2. The second-order valence-electron chi connectivity index (χ2n) is 8.14. The molecule has 4 heterocycles. The number of piperidine rings is 1. The Morgan fingerprint density at radius 3 is 2.70 bits per heavy atom. The lowest BCUT2D eigenvalue weighted by Crippen LogP contribution is -2.63. The molecule has 4 aliphatic rings. The number of hydrogen-bond donors (Lipinski definition) is 3. The molecular formula is C21H26N2O6S. The van der Waals surface area contributed by atoms with Crippen LogP contribution in [0.25, 0.3) is 10.9 Å². The van der Waals surface area contributed by atoms with E-state index >= 15 is 0 Å². The third-order valence-electron chi connectivity index (χ3n) is 6.55. The molecule has 1 aliphatic carbocycles. The Kier molecular flexibility index (Phi) is 5.26. The lowest BCUT2D eigenvalue weighted by molar-refractivity contribution is -0.154. The largest absolute Gasteiger partial charge is 0.468 e. The van der Waals surface area contributed by atoms with Crippen LogP contribution in [0.3, 0.4) is 0 Å². The van der Waals surface area contributed by atoms with Crippen molar-refractivity contribution in [3.8, 4) is 0 Å². The lowest BCUT2D eigenvalue weighted by Gasteiger charge is -2.53. The number of nitrogens with zero attached hydrogens (tertiary/aromatic N) is 1. The molecule has 0 saturated carbocycles. The van der Waals surface area contributed by atoms with E-state index in [9.17, 15) is 4.79 Å². The summed E-state index contributed by atoms with van der Waals surface area (Å²) < 4.78 is 37.0. The molecule has 30 heavy (non-hydrogen) atoms. The van der Waals surface area contributed by atoms with E-state index < -0.39 is 15.8 Å². The van der Waals surface area contributed by atoms with Crippen molar-refractivity contribution in [1.82, 2.24) is 9.88 Å². The SMILES string of the molecule is CCC1=C[C@@H]2CN3CCc4c([nH]c5ccccc45)[C@@](C(=O)OC)(C2)[C@H]13.O=S(=O)(O)O. The highest BCUT2D eigenvalue weighted by atomic mass is 32.3. The van der Waals surface area contributed by atoms with E-state index in [2.05, 4.69) is 47.1 Å². The smallest absolute Gasteiger partial charge is 0.394 e. The molecule has 6 rings (SSSR count). The lowest BCUT2D eigenvalue weighted by atomic mass is 9.60. The topological polar surface area (TPSA) is 120 Å². The fourth-order valence-corrected chi connectivity index (χ4v) is 5.71. The number of carbonyl (C=O) groups excluding carboxylic acids is 1. The van der Waals surface area contributed by atoms with Gasteiger partial charge in [0.1, 0.15) is 5.41 Å². The van der Waals surface area contributed by atoms with Crippen LogP contribution in [0, 0.1) is 5.92 Å². The number of para-hydroxylation sites is 1. The minimum absolute atomic E-state index is 0.0824. The quantitative estimate of drug-likeness (QED) is 0.377. The highest BCUT2D eigenvalue weighted by molar-refractivity contribution is 7.79. The molecule has 1 aromatic carbocycles. The molecule has 4 atom stereocenters. The van der Waals surface area contributed by atoms with E-state index in [0.29, 0.717) is 5.92 Å². The van der Waals surface area contributed by atoms with E-state index in [4.69, 9.17) is 22.3 Å². The number of aromatic amines is 1. The predicted octanol–water partition coefficient (Wildman–Crippen LogP) is 2.52. The third kappa shape index (κ3) is 3.35. The fraction of sp³-hybridized carbons (Fsp3) is 0.476. The Morgan fingerprint density at radius 1 is 1.33 bits per heavy atom. The van der Waals surface area contributed by atoms with Gasteiger partial charge in [-0.3, -0.25) is 18.8 Å². The molecule has 1 unspecified atom stereocenters. The molecule has 4 bridgehead atoms. The van der Waals surface area contributed by atoms with E-state index in [0.717, 1.165) is 43.6 Å². The summed E-state index contributed by atoms with van der Waals surface area (Å²) in [6, 6.07) is 8.56. The van der Waals surface area contributed by atoms with Gasteiger partial charge >= 0.3 is 16.4 Å². The van der Waals surface area contributed by atoms with Crippen LogP contribution in [0.1, 0.15) is 31.0 Å². The number of nitrogens with one attached hydrogen (secondary N) is 1. The molecule has 0 spiro atoms. The summed E-state index contributed by atoms with van der Waals surface area (Å²) in [6.07, 6.45) is 5.25. The second-order valence-corrected chi connectivity index (χ2v) is 9.04. The molecule has 9 heteroatoms. The van der Waals surface area contributed by atoms with Crippen LogP contribution in [-0.2, 0) is 31.8 Å². The summed E-state index contributed by atoms with van der Waals surface area (Å²) in [5.74, 6) is 0.345. The first-order valence-electron chi connectivity index (χ1n) is 10.0. The highest BCUT2D eigenvalue weighted by Gasteiger charge is 2.60. The Bertz CT molecular complexity index is 1110. The summed E-state index contributed by atoms with van der Waals surface area (Å²) in [5.41, 5.74) is 4.36. The van der Waals surface area contributed by atoms with Gasteiger partial charge in [0.25, 0.3) is 0 Å². The van der Waals surface area contributed by atoms with Gasteiger partial charge in [0.05, 0.1) is 13.2 Å². The van der Waals surface area contributed by atoms with Gasteiger partial charge in [-0.15, -0.1) is 0 Å². The first-order chi connectivity index (χ1) is 14.2. The van der Waals surface area contributed by atoms with Crippen LogP contribution >= 0.6 is 0 Å². The van der Waals surface area contributed by atoms with E-state index in [1.54, 1.807) is 0 Å². The maximum Gasteiger partial charge on any atom is 0.394 e. The average Bonchev–Trinajstić information content (AvgIpc) is 3.04. The van der Waals surface area contributed by atoms with Gasteiger partial charge in [-0.2, -0.15) is 8.42 Å². The molecule has 1 aromatic heterocycles. The van der Waals surface area contributed by atoms with Crippen molar-refractivity contribution in [3.05, 3.63) is 47.2 Å². The Labute approximate surface area is 175 Å². The monoisotopic (exact) mass is 434 g/mol. The Hall–Kier alpha value is -2.20. The average molecular weight is 435 g/mol. The highest BCUT2D eigenvalue weighted by Crippen LogP contribution is 2.53. The molecular weight excluding hydrogens is 408 g/mol. The molecule has 3 N–H and O–H groups in total. The molecule has 0 radical (unpaired) electrons. The van der Waals surface area contributed by atoms with Crippen LogP contribution in [-0.4, -0.2) is 59.6 Å². The third-order valence-corrected chi connectivity index (χ3v) is 6.55. The van der Waals surface area contributed by atoms with Crippen molar-refractivity contribution in [1.29, 1.82) is 0 Å². The summed E-state index contributed by atoms with van der Waals surface area (Å²) in [7, 11) is -3.13. The molecule has 2 aromatic rings. The second kappa shape index (κ2) is 7.49. The van der Waals surface area contributed by atoms with Crippen LogP contribution in [0.2, 0.25) is 0 Å². The number of hydrogen-bond acceptors (Lipinski definition) is 5. The summed E-state index contributed by atoms with van der Waals surface area (Å²) in [5, 5.41) is 1.26. The molecule has 1 saturated heterocycles. The summed E-state index contributed by atoms with van der Waals surface area (Å²) in [4.78, 5) is 19.4. The van der Waals surface area contributed by atoms with Crippen LogP contribution in [0.15, 0.2) is 35.9 Å². The van der Waals surface area contributed by atoms with Crippen LogP contribution < -0.4 is 0 Å². The number of carbonyl (C=O) groups is 1. The number of esters is 1. The van der Waals surface area contributed by atoms with E-state index in [1.165, 1.54) is 23.6 Å². The summed E-state index contributed by atoms with van der Waals surface area (Å²) in [6.45, 7) is 4.28. The zero-order valence-corrected chi connectivity index (χ0v) is 17.8. The Morgan fingerprint density at radius 2 is 2.03 bits per heavy atom. The number of H-pyrrole nitrogens is 1. The standard InChI is InChI=1S/C21H24N2O2.H2O4S/c1-3-14-10-13-11-21(20(24)25-2)18-16(8-9-23(12-13)19(14)21)15-6-4-5-7-17(15)22-18;1-5(2,3)4/h4-7,10,13,19,22H,3,8-9,11-12H2,1-2H3;(H2,1,2,3,4)/t13-,19-,21-;/m0./s1. The first-order valence-corrected chi connectivity index (χ1v) is 11.4. The minimum atomic E-state index is -4.67. The van der Waals surface area contributed by atoms with Gasteiger partial charge in [0, 0.05) is 29.7 Å². The van der Waals surface area contributed by atoms with Gasteiger partial charge in [0.2, 0.25) is 0 Å². The zero-order valence-electron chi connectivity index (χ0n) is 17.0. The van der Waals surface area contributed by atoms with Crippen molar-refractivity contribution in [2.45, 2.75) is 37.6 Å². The fourth-order valence-electron chi connectivity index (χ4n) is 5.71. The molecule has 3 aliphatic heterocycles. The number of aromatic nitrogens is 1. The van der Waals surface area contributed by atoms with E-state index in [-0.39, 0.29) is 12.0 Å². The van der Waals surface area contributed by atoms with E-state index in [1.807, 2.05) is 0 Å². The van der Waals surface area contributed by atoms with Gasteiger partial charge in [-0.05, 0) is 36.8 Å². The van der Waals surface area contributed by atoms with Crippen molar-refractivity contribution < 1.29 is 27.1 Å². The van der Waals surface area contributed by atoms with Crippen molar-refractivity contribution in [2.24, 2.45) is 5.92 Å².